The summed E-state index contributed by atoms with van der Waals surface area (Å²) in [5.74, 6) is 1.23. The highest BCUT2D eigenvalue weighted by molar-refractivity contribution is 6.09. The second kappa shape index (κ2) is 15.6. The summed E-state index contributed by atoms with van der Waals surface area (Å²) in [7, 11) is 0. The molecular formula is C30H53N11O3. The lowest BCUT2D eigenvalue weighted by atomic mass is 10.0. The van der Waals surface area contributed by atoms with Crippen molar-refractivity contribution in [2.24, 2.45) is 0 Å². The number of carbonyl (C=O) groups is 1. The van der Waals surface area contributed by atoms with Gasteiger partial charge in [-0.1, -0.05) is 18.2 Å². The number of nitrogens with zero attached hydrogens (tertiary/aromatic N) is 5. The van der Waals surface area contributed by atoms with Crippen LogP contribution in [0.4, 0.5) is 29.2 Å². The predicted octanol–water partition coefficient (Wildman–Crippen LogP) is 7.04. The summed E-state index contributed by atoms with van der Waals surface area (Å²) in [4.78, 5) is 31.9. The van der Waals surface area contributed by atoms with E-state index in [0.29, 0.717) is 40.0 Å². The quantitative estimate of drug-likeness (QED) is 0.108. The van der Waals surface area contributed by atoms with E-state index in [1.165, 1.54) is 25.0 Å². The van der Waals surface area contributed by atoms with E-state index in [9.17, 15) is 15.0 Å². The lowest BCUT2D eigenvalue weighted by Gasteiger charge is -2.30. The van der Waals surface area contributed by atoms with Crippen LogP contribution < -0.4 is 45.0 Å². The number of fused-ring (bicyclic) bond motifs is 1. The van der Waals surface area contributed by atoms with Gasteiger partial charge in [0.1, 0.15) is 11.5 Å². The molecule has 0 radical (unpaired) electrons. The maximum atomic E-state index is 13.1. The molecule has 2 aliphatic rings. The third-order valence-corrected chi connectivity index (χ3v) is 7.48. The number of carbonyl (C=O) groups excluding carboxylic acids is 1. The van der Waals surface area contributed by atoms with Crippen molar-refractivity contribution in [2.45, 2.75) is 38.5 Å². The Kier molecular flexibility index (Phi) is 12.6. The van der Waals surface area contributed by atoms with Crippen molar-refractivity contribution in [3.8, 4) is 11.5 Å². The lowest BCUT2D eigenvalue weighted by Crippen LogP contribution is -2.34. The van der Waals surface area contributed by atoms with Crippen molar-refractivity contribution in [1.29, 1.82) is 0 Å². The third kappa shape index (κ3) is 7.79. The van der Waals surface area contributed by atoms with Crippen LogP contribution in [0, 0.1) is 0 Å². The van der Waals surface area contributed by atoms with Gasteiger partial charge in [0, 0.05) is 48.6 Å². The molecule has 6 rings (SSSR count). The zero-order valence-corrected chi connectivity index (χ0v) is 25.1. The minimum atomic E-state index is -0.458. The zero-order chi connectivity index (χ0) is 27.5. The Morgan fingerprint density at radius 3 is 1.86 bits per heavy atom. The van der Waals surface area contributed by atoms with Gasteiger partial charge in [-0.05, 0) is 80.3 Å². The zero-order valence-electron chi connectivity index (χ0n) is 25.1. The number of aromatic nitrogens is 3. The number of nitrogens with one attached hydrogen (secondary N) is 2. The van der Waals surface area contributed by atoms with Crippen LogP contribution in [-0.2, 0) is 0 Å². The highest BCUT2D eigenvalue weighted by Gasteiger charge is 2.21. The van der Waals surface area contributed by atoms with Crippen LogP contribution in [0.3, 0.4) is 0 Å². The van der Waals surface area contributed by atoms with E-state index in [1.54, 1.807) is 30.3 Å². The molecule has 0 spiro atoms. The average Bonchev–Trinajstić information content (AvgIpc) is 2.98. The summed E-state index contributed by atoms with van der Waals surface area (Å²) in [5.41, 5.74) is 1.38. The maximum Gasteiger partial charge on any atom is 0.259 e. The molecule has 14 heteroatoms. The van der Waals surface area contributed by atoms with E-state index >= 15 is 0 Å². The van der Waals surface area contributed by atoms with Crippen LogP contribution in [0.5, 0.6) is 11.5 Å². The molecule has 0 bridgehead atoms. The molecule has 14 nitrogen and oxygen atoms in total. The number of rotatable bonds is 6. The summed E-state index contributed by atoms with van der Waals surface area (Å²) >= 11 is 0. The van der Waals surface area contributed by atoms with Crippen LogP contribution in [0.2, 0.25) is 0 Å². The Balaban J connectivity index is -0.00000253. The lowest BCUT2D eigenvalue weighted by molar-refractivity contribution is 0.102. The molecule has 0 unspecified atom stereocenters. The number of anilines is 5. The van der Waals surface area contributed by atoms with Gasteiger partial charge in [-0.15, -0.1) is 0 Å². The van der Waals surface area contributed by atoms with Crippen molar-refractivity contribution >= 4 is 45.9 Å². The molecule has 0 aliphatic carbocycles. The summed E-state index contributed by atoms with van der Waals surface area (Å²) in [5, 5.41) is 27.8. The number of piperidine rings is 2. The fourth-order valence-corrected chi connectivity index (χ4v) is 5.36. The first-order valence-electron chi connectivity index (χ1n) is 13.9. The van der Waals surface area contributed by atoms with E-state index in [1.807, 2.05) is 12.1 Å². The average molecular weight is 616 g/mol. The van der Waals surface area contributed by atoms with Gasteiger partial charge < -0.3 is 55.2 Å². The summed E-state index contributed by atoms with van der Waals surface area (Å²) in [6.45, 7) is 3.74. The predicted molar refractivity (Wildman–Crippen MR) is 185 cm³/mol. The van der Waals surface area contributed by atoms with E-state index in [2.05, 4.69) is 20.4 Å². The van der Waals surface area contributed by atoms with Crippen LogP contribution in [0.15, 0.2) is 54.6 Å². The number of amides is 1. The molecule has 0 atom stereocenters. The smallest absolute Gasteiger partial charge is 0.259 e. The molecule has 2 saturated heterocycles. The van der Waals surface area contributed by atoms with E-state index in [-0.39, 0.29) is 47.4 Å². The Morgan fingerprint density at radius 1 is 0.682 bits per heavy atom. The van der Waals surface area contributed by atoms with Crippen LogP contribution >= 0.6 is 0 Å². The van der Waals surface area contributed by atoms with Crippen LogP contribution in [0.25, 0.3) is 10.8 Å². The second-order valence-electron chi connectivity index (χ2n) is 10.4. The van der Waals surface area contributed by atoms with Crippen molar-refractivity contribution in [3.05, 3.63) is 60.2 Å². The monoisotopic (exact) mass is 615 g/mol. The van der Waals surface area contributed by atoms with Crippen LogP contribution in [0.1, 0.15) is 54.6 Å². The Hall–Kier alpha value is -4.76. The van der Waals surface area contributed by atoms with E-state index in [0.717, 1.165) is 51.9 Å². The molecule has 2 fully saturated rings. The first-order valence-corrected chi connectivity index (χ1v) is 13.9. The van der Waals surface area contributed by atoms with Gasteiger partial charge >= 0.3 is 0 Å². The first-order chi connectivity index (χ1) is 19.5. The van der Waals surface area contributed by atoms with Gasteiger partial charge in [0.25, 0.3) is 5.91 Å². The van der Waals surface area contributed by atoms with Gasteiger partial charge in [0.05, 0.1) is 5.56 Å². The molecule has 1 amide bonds. The third-order valence-electron chi connectivity index (χ3n) is 7.48. The van der Waals surface area contributed by atoms with Gasteiger partial charge in [0.2, 0.25) is 17.8 Å². The molecule has 0 saturated carbocycles. The molecule has 16 N–H and O–H groups in total. The normalized spacial score (nSPS) is 14.3. The number of phenolic OH excluding ortho intramolecular Hbond substituents is 2. The number of benzene rings is 3. The standard InChI is InChI=1S/C30H33N7O3.4H3N.4H2/c38-25-12-7-9-20-17-24(26(39)19-23(20)25)27(40)31-21-10-8-11-22(18-21)32-28-33-29(36-13-3-1-4-14-36)35-30(34-28)37-15-5-2-6-16-37;;;;;;;;/h7-12,17-19,38-39H,1-6,13-16H2,(H,31,40)(H,32,33,34,35);4*1H3;4*1H. The van der Waals surface area contributed by atoms with Crippen molar-refractivity contribution in [2.75, 3.05) is 46.6 Å². The summed E-state index contributed by atoms with van der Waals surface area (Å²) in [6, 6.07) is 15.3. The largest absolute Gasteiger partial charge is 0.507 e. The molecule has 246 valence electrons. The van der Waals surface area contributed by atoms with Gasteiger partial charge in [-0.2, -0.15) is 15.0 Å². The topological polar surface area (TPSA) is 267 Å². The number of aromatic hydroxyl groups is 2. The molecule has 3 aromatic carbocycles. The molecule has 4 aromatic rings. The SMILES string of the molecule is N.N.N.N.O=C(Nc1cccc(Nc2nc(N3CCCCC3)nc(N3CCCCC3)n2)c1)c1cc2cccc(O)c2cc1O.[HH].[HH].[HH].[HH]. The number of hydrogen-bond acceptors (Lipinski definition) is 13. The van der Waals surface area contributed by atoms with E-state index in [4.69, 9.17) is 15.0 Å². The fraction of sp³-hybridized carbons (Fsp3) is 0.333. The number of hydrogen-bond donors (Lipinski definition) is 8. The maximum absolute atomic E-state index is 13.1. The summed E-state index contributed by atoms with van der Waals surface area (Å²) < 4.78 is 0. The van der Waals surface area contributed by atoms with Gasteiger partial charge in [0.15, 0.2) is 0 Å². The minimum Gasteiger partial charge on any atom is -0.507 e. The van der Waals surface area contributed by atoms with Crippen molar-refractivity contribution in [1.82, 2.24) is 39.6 Å². The Morgan fingerprint density at radius 2 is 1.25 bits per heavy atom. The van der Waals surface area contributed by atoms with Gasteiger partial charge in [-0.25, -0.2) is 0 Å². The van der Waals surface area contributed by atoms with Crippen LogP contribution in [-0.4, -0.2) is 57.3 Å². The highest BCUT2D eigenvalue weighted by Crippen LogP contribution is 2.31. The molecular weight excluding hydrogens is 562 g/mol. The minimum absolute atomic E-state index is 0. The van der Waals surface area contributed by atoms with E-state index < -0.39 is 5.91 Å². The Labute approximate surface area is 263 Å². The van der Waals surface area contributed by atoms with Crippen molar-refractivity contribution < 1.29 is 20.7 Å². The van der Waals surface area contributed by atoms with Crippen molar-refractivity contribution in [3.63, 3.8) is 0 Å². The fourth-order valence-electron chi connectivity index (χ4n) is 5.36. The Bertz CT molecular complexity index is 1520. The highest BCUT2D eigenvalue weighted by atomic mass is 16.3. The second-order valence-corrected chi connectivity index (χ2v) is 10.4. The number of phenols is 2. The summed E-state index contributed by atoms with van der Waals surface area (Å²) in [6.07, 6.45) is 6.96. The molecule has 1 aromatic heterocycles. The molecule has 3 heterocycles. The first kappa shape index (κ1) is 35.4. The van der Waals surface area contributed by atoms with Gasteiger partial charge in [-0.3, -0.25) is 4.79 Å². The molecule has 2 aliphatic heterocycles. The molecule has 44 heavy (non-hydrogen) atoms.